The average Bonchev–Trinajstić information content (AvgIpc) is 2.63. The average molecular weight is 492 g/mol. The van der Waals surface area contributed by atoms with E-state index in [-0.39, 0.29) is 24.0 Å². The van der Waals surface area contributed by atoms with Gasteiger partial charge in [0.2, 0.25) is 0 Å². The van der Waals surface area contributed by atoms with Crippen LogP contribution in [0.1, 0.15) is 18.1 Å². The maximum absolute atomic E-state index is 5.41. The van der Waals surface area contributed by atoms with Crippen LogP contribution in [0, 0.1) is 12.8 Å². The van der Waals surface area contributed by atoms with Gasteiger partial charge in [-0.1, -0.05) is 19.1 Å². The highest BCUT2D eigenvalue weighted by atomic mass is 127. The van der Waals surface area contributed by atoms with Crippen LogP contribution >= 0.6 is 35.7 Å². The van der Waals surface area contributed by atoms with Crippen LogP contribution in [0.3, 0.4) is 0 Å². The minimum Gasteiger partial charge on any atom is -0.379 e. The van der Waals surface area contributed by atoms with E-state index in [1.54, 1.807) is 11.8 Å². The minimum absolute atomic E-state index is 0. The first-order valence-corrected chi connectivity index (χ1v) is 10.2. The maximum Gasteiger partial charge on any atom is 0.191 e. The Hall–Kier alpha value is -0.510. The maximum atomic E-state index is 5.41. The van der Waals surface area contributed by atoms with Crippen molar-refractivity contribution >= 4 is 41.7 Å². The van der Waals surface area contributed by atoms with Crippen molar-refractivity contribution in [3.63, 3.8) is 0 Å². The fraction of sp³-hybridized carbons (Fsp3) is 0.632. The summed E-state index contributed by atoms with van der Waals surface area (Å²) in [6.07, 6.45) is 2.12. The van der Waals surface area contributed by atoms with E-state index in [1.807, 2.05) is 7.05 Å². The molecule has 0 spiro atoms. The Morgan fingerprint density at radius 3 is 2.69 bits per heavy atom. The number of benzene rings is 1. The molecular formula is C19H33IN4OS. The predicted molar refractivity (Wildman–Crippen MR) is 123 cm³/mol. The molecule has 7 heteroatoms. The summed E-state index contributed by atoms with van der Waals surface area (Å²) >= 11 is 1.79. The lowest BCUT2D eigenvalue weighted by molar-refractivity contribution is 0.0320. The van der Waals surface area contributed by atoms with E-state index >= 15 is 0 Å². The van der Waals surface area contributed by atoms with Crippen molar-refractivity contribution in [2.24, 2.45) is 10.9 Å². The summed E-state index contributed by atoms with van der Waals surface area (Å²) in [5, 5.41) is 6.88. The van der Waals surface area contributed by atoms with Gasteiger partial charge in [-0.15, -0.1) is 35.7 Å². The lowest BCUT2D eigenvalue weighted by atomic mass is 10.1. The first-order chi connectivity index (χ1) is 12.1. The summed E-state index contributed by atoms with van der Waals surface area (Å²) in [5.41, 5.74) is 2.61. The molecule has 0 saturated carbocycles. The van der Waals surface area contributed by atoms with Crippen molar-refractivity contribution < 1.29 is 4.74 Å². The standard InChI is InChI=1S/C19H32N4OS.HI/c1-15-5-6-17(18(11-15)25-4)13-22-19(20-3)21-12-16(2)14-23-7-9-24-10-8-23;/h5-6,11,16H,7-10,12-14H2,1-4H3,(H2,20,21,22);1H. The zero-order chi connectivity index (χ0) is 18.1. The topological polar surface area (TPSA) is 48.9 Å². The van der Waals surface area contributed by atoms with Crippen LogP contribution in [0.5, 0.6) is 0 Å². The third-order valence-corrected chi connectivity index (χ3v) is 5.22. The molecule has 0 aliphatic carbocycles. The second kappa shape index (κ2) is 12.8. The molecule has 148 valence electrons. The second-order valence-corrected chi connectivity index (χ2v) is 7.49. The van der Waals surface area contributed by atoms with Crippen LogP contribution in [0.4, 0.5) is 0 Å². The number of guanidine groups is 1. The van der Waals surface area contributed by atoms with Gasteiger partial charge in [-0.3, -0.25) is 9.89 Å². The Labute approximate surface area is 179 Å². The van der Waals surface area contributed by atoms with Gasteiger partial charge in [-0.05, 0) is 36.3 Å². The van der Waals surface area contributed by atoms with Gasteiger partial charge in [0, 0.05) is 44.7 Å². The molecule has 1 aliphatic heterocycles. The van der Waals surface area contributed by atoms with Crippen molar-refractivity contribution in [1.82, 2.24) is 15.5 Å². The summed E-state index contributed by atoms with van der Waals surface area (Å²) in [6.45, 7) is 11.0. The molecule has 1 unspecified atom stereocenters. The number of hydrogen-bond acceptors (Lipinski definition) is 4. The normalized spacial score (nSPS) is 16.7. The Morgan fingerprint density at radius 2 is 2.04 bits per heavy atom. The largest absolute Gasteiger partial charge is 0.379 e. The molecule has 2 N–H and O–H groups in total. The molecule has 1 aliphatic rings. The van der Waals surface area contributed by atoms with E-state index in [4.69, 9.17) is 4.74 Å². The first-order valence-electron chi connectivity index (χ1n) is 9.00. The van der Waals surface area contributed by atoms with Crippen LogP contribution in [-0.4, -0.2) is 63.6 Å². The van der Waals surface area contributed by atoms with Crippen LogP contribution in [-0.2, 0) is 11.3 Å². The molecule has 1 fully saturated rings. The summed E-state index contributed by atoms with van der Waals surface area (Å²) in [6, 6.07) is 6.60. The van der Waals surface area contributed by atoms with Crippen molar-refractivity contribution in [2.45, 2.75) is 25.3 Å². The Balaban J connectivity index is 0.00000338. The van der Waals surface area contributed by atoms with Gasteiger partial charge in [0.25, 0.3) is 0 Å². The molecule has 0 bridgehead atoms. The number of morpholine rings is 1. The van der Waals surface area contributed by atoms with Gasteiger partial charge in [0.05, 0.1) is 13.2 Å². The van der Waals surface area contributed by atoms with E-state index in [2.05, 4.69) is 58.8 Å². The van der Waals surface area contributed by atoms with E-state index in [1.165, 1.54) is 16.0 Å². The number of rotatable bonds is 7. The molecule has 1 aromatic rings. The van der Waals surface area contributed by atoms with Crippen molar-refractivity contribution in [3.05, 3.63) is 29.3 Å². The smallest absolute Gasteiger partial charge is 0.191 e. The van der Waals surface area contributed by atoms with E-state index < -0.39 is 0 Å². The number of hydrogen-bond donors (Lipinski definition) is 2. The zero-order valence-corrected chi connectivity index (χ0v) is 19.5. The zero-order valence-electron chi connectivity index (χ0n) is 16.4. The van der Waals surface area contributed by atoms with Crippen LogP contribution in [0.2, 0.25) is 0 Å². The van der Waals surface area contributed by atoms with Crippen molar-refractivity contribution in [1.29, 1.82) is 0 Å². The minimum atomic E-state index is 0. The quantitative estimate of drug-likeness (QED) is 0.265. The van der Waals surface area contributed by atoms with Gasteiger partial charge in [-0.2, -0.15) is 0 Å². The van der Waals surface area contributed by atoms with Crippen LogP contribution in [0.15, 0.2) is 28.1 Å². The SMILES string of the molecule is CN=C(NCc1ccc(C)cc1SC)NCC(C)CN1CCOCC1.I. The first kappa shape index (κ1) is 23.5. The molecule has 0 radical (unpaired) electrons. The Bertz CT molecular complexity index is 564. The fourth-order valence-corrected chi connectivity index (χ4v) is 3.66. The van der Waals surface area contributed by atoms with Gasteiger partial charge < -0.3 is 15.4 Å². The fourth-order valence-electron chi connectivity index (χ4n) is 2.96. The molecule has 2 rings (SSSR count). The monoisotopic (exact) mass is 492 g/mol. The molecule has 26 heavy (non-hydrogen) atoms. The van der Waals surface area contributed by atoms with Crippen molar-refractivity contribution in [3.8, 4) is 0 Å². The summed E-state index contributed by atoms with van der Waals surface area (Å²) < 4.78 is 5.41. The molecular weight excluding hydrogens is 459 g/mol. The highest BCUT2D eigenvalue weighted by Crippen LogP contribution is 2.21. The molecule has 0 aromatic heterocycles. The summed E-state index contributed by atoms with van der Waals surface area (Å²) in [7, 11) is 1.83. The number of ether oxygens (including phenoxy) is 1. The van der Waals surface area contributed by atoms with Gasteiger partial charge in [0.1, 0.15) is 0 Å². The predicted octanol–water partition coefficient (Wildman–Crippen LogP) is 2.97. The van der Waals surface area contributed by atoms with E-state index in [0.29, 0.717) is 5.92 Å². The highest BCUT2D eigenvalue weighted by molar-refractivity contribution is 14.0. The lowest BCUT2D eigenvalue weighted by Crippen LogP contribution is -2.43. The molecule has 0 amide bonds. The van der Waals surface area contributed by atoms with E-state index in [9.17, 15) is 0 Å². The van der Waals surface area contributed by atoms with Gasteiger partial charge >= 0.3 is 0 Å². The number of nitrogens with one attached hydrogen (secondary N) is 2. The van der Waals surface area contributed by atoms with Gasteiger partial charge in [-0.25, -0.2) is 0 Å². The summed E-state index contributed by atoms with van der Waals surface area (Å²) in [4.78, 5) is 8.15. The molecule has 1 heterocycles. The molecule has 1 aromatic carbocycles. The number of thioether (sulfide) groups is 1. The summed E-state index contributed by atoms with van der Waals surface area (Å²) in [5.74, 6) is 1.43. The van der Waals surface area contributed by atoms with Crippen molar-refractivity contribution in [2.75, 3.05) is 52.7 Å². The number of halogens is 1. The molecule has 1 saturated heterocycles. The highest BCUT2D eigenvalue weighted by Gasteiger charge is 2.14. The third kappa shape index (κ3) is 8.02. The van der Waals surface area contributed by atoms with E-state index in [0.717, 1.165) is 51.9 Å². The second-order valence-electron chi connectivity index (χ2n) is 6.64. The lowest BCUT2D eigenvalue weighted by Gasteiger charge is -2.29. The molecule has 5 nitrogen and oxygen atoms in total. The Kier molecular flexibility index (Phi) is 11.6. The number of nitrogens with zero attached hydrogens (tertiary/aromatic N) is 2. The van der Waals surface area contributed by atoms with Crippen LogP contribution < -0.4 is 10.6 Å². The van der Waals surface area contributed by atoms with Gasteiger partial charge in [0.15, 0.2) is 5.96 Å². The Morgan fingerprint density at radius 1 is 1.31 bits per heavy atom. The van der Waals surface area contributed by atoms with Crippen LogP contribution in [0.25, 0.3) is 0 Å². The molecule has 1 atom stereocenters. The number of aliphatic imine (C=N–C) groups is 1. The third-order valence-electron chi connectivity index (χ3n) is 4.40. The number of aryl methyl sites for hydroxylation is 1.